The Bertz CT molecular complexity index is 462. The summed E-state index contributed by atoms with van der Waals surface area (Å²) in [4.78, 5) is 4.55. The highest BCUT2D eigenvalue weighted by Crippen LogP contribution is 2.41. The van der Waals surface area contributed by atoms with Gasteiger partial charge in [0.05, 0.1) is 5.54 Å². The molecule has 1 fully saturated rings. The molecule has 3 rings (SSSR count). The van der Waals surface area contributed by atoms with Gasteiger partial charge in [0.25, 0.3) is 0 Å². The van der Waals surface area contributed by atoms with Crippen molar-refractivity contribution in [1.29, 1.82) is 0 Å². The molecule has 0 bridgehead atoms. The van der Waals surface area contributed by atoms with Crippen molar-refractivity contribution in [2.45, 2.75) is 38.5 Å². The maximum absolute atomic E-state index is 5.66. The van der Waals surface area contributed by atoms with E-state index in [1.807, 2.05) is 0 Å². The van der Waals surface area contributed by atoms with Crippen LogP contribution in [0.25, 0.3) is 0 Å². The molecule has 1 aromatic carbocycles. The van der Waals surface area contributed by atoms with Crippen LogP contribution in [0.5, 0.6) is 0 Å². The predicted molar refractivity (Wildman–Crippen MR) is 66.3 cm³/mol. The minimum Gasteiger partial charge on any atom is -0.476 e. The molecule has 3 heteroatoms. The maximum atomic E-state index is 5.66. The molecule has 2 aliphatic heterocycles. The second kappa shape index (κ2) is 3.57. The van der Waals surface area contributed by atoms with Crippen LogP contribution in [0.4, 0.5) is 0 Å². The van der Waals surface area contributed by atoms with Crippen LogP contribution in [-0.4, -0.2) is 24.1 Å². The van der Waals surface area contributed by atoms with Crippen LogP contribution >= 0.6 is 0 Å². The van der Waals surface area contributed by atoms with E-state index in [-0.39, 0.29) is 17.7 Å². The first-order valence-electron chi connectivity index (χ1n) is 6.00. The van der Waals surface area contributed by atoms with Crippen molar-refractivity contribution in [2.24, 2.45) is 4.99 Å². The highest BCUT2D eigenvalue weighted by atomic mass is 16.6. The molecule has 1 aromatic rings. The molecule has 0 spiro atoms. The van der Waals surface area contributed by atoms with Crippen LogP contribution < -0.4 is 0 Å². The largest absolute Gasteiger partial charge is 0.476 e. The summed E-state index contributed by atoms with van der Waals surface area (Å²) in [5.74, 6) is 0.764. The zero-order valence-corrected chi connectivity index (χ0v) is 10.4. The summed E-state index contributed by atoms with van der Waals surface area (Å²) in [7, 11) is 0. The van der Waals surface area contributed by atoms with Gasteiger partial charge in [-0.15, -0.1) is 0 Å². The predicted octanol–water partition coefficient (Wildman–Crippen LogP) is 2.64. The van der Waals surface area contributed by atoms with Gasteiger partial charge in [-0.1, -0.05) is 29.8 Å². The molecule has 2 aliphatic rings. The van der Waals surface area contributed by atoms with E-state index in [1.165, 1.54) is 11.1 Å². The van der Waals surface area contributed by atoms with Crippen molar-refractivity contribution in [3.05, 3.63) is 35.4 Å². The fourth-order valence-electron chi connectivity index (χ4n) is 2.07. The molecule has 0 aromatic heterocycles. The van der Waals surface area contributed by atoms with E-state index >= 15 is 0 Å². The van der Waals surface area contributed by atoms with Crippen LogP contribution in [0, 0.1) is 6.92 Å². The van der Waals surface area contributed by atoms with E-state index in [0.29, 0.717) is 6.61 Å². The fraction of sp³-hybridized carbons (Fsp3) is 0.500. The summed E-state index contributed by atoms with van der Waals surface area (Å²) < 4.78 is 11.3. The Kier molecular flexibility index (Phi) is 2.26. The first-order chi connectivity index (χ1) is 8.05. The lowest BCUT2D eigenvalue weighted by atomic mass is 10.1. The van der Waals surface area contributed by atoms with Crippen molar-refractivity contribution in [3.8, 4) is 0 Å². The third kappa shape index (κ3) is 2.07. The SMILES string of the molecule is Cc1ccc([C@@H]2O[C@@H]2C2=NC(C)(C)CO2)cc1. The summed E-state index contributed by atoms with van der Waals surface area (Å²) >= 11 is 0. The highest BCUT2D eigenvalue weighted by molar-refractivity contribution is 5.85. The van der Waals surface area contributed by atoms with Crippen molar-refractivity contribution in [3.63, 3.8) is 0 Å². The Balaban J connectivity index is 1.73. The fourth-order valence-corrected chi connectivity index (χ4v) is 2.07. The lowest BCUT2D eigenvalue weighted by molar-refractivity contribution is 0.266. The van der Waals surface area contributed by atoms with Crippen molar-refractivity contribution in [1.82, 2.24) is 0 Å². The standard InChI is InChI=1S/C14H17NO2/c1-9-4-6-10(7-5-9)11-12(17-11)13-15-14(2,3)8-16-13/h4-7,11-12H,8H2,1-3H3/t11-,12-/m0/s1. The van der Waals surface area contributed by atoms with Crippen molar-refractivity contribution in [2.75, 3.05) is 6.61 Å². The van der Waals surface area contributed by atoms with Gasteiger partial charge in [0.15, 0.2) is 6.10 Å². The van der Waals surface area contributed by atoms with Crippen LogP contribution in [0.2, 0.25) is 0 Å². The van der Waals surface area contributed by atoms with E-state index in [2.05, 4.69) is 50.0 Å². The molecule has 2 atom stereocenters. The molecule has 0 unspecified atom stereocenters. The van der Waals surface area contributed by atoms with E-state index in [0.717, 1.165) is 5.90 Å². The van der Waals surface area contributed by atoms with E-state index in [9.17, 15) is 0 Å². The number of nitrogens with zero attached hydrogens (tertiary/aromatic N) is 1. The first-order valence-corrected chi connectivity index (χ1v) is 6.00. The second-order valence-corrected chi connectivity index (χ2v) is 5.44. The van der Waals surface area contributed by atoms with Gasteiger partial charge in [0, 0.05) is 0 Å². The molecular weight excluding hydrogens is 214 g/mol. The van der Waals surface area contributed by atoms with Gasteiger partial charge in [0.1, 0.15) is 12.7 Å². The molecule has 17 heavy (non-hydrogen) atoms. The van der Waals surface area contributed by atoms with E-state index in [4.69, 9.17) is 9.47 Å². The third-order valence-electron chi connectivity index (χ3n) is 3.13. The number of aryl methyl sites for hydroxylation is 1. The molecule has 0 radical (unpaired) electrons. The third-order valence-corrected chi connectivity index (χ3v) is 3.13. The normalized spacial score (nSPS) is 29.7. The van der Waals surface area contributed by atoms with Crippen LogP contribution in [0.15, 0.2) is 29.3 Å². The minimum absolute atomic E-state index is 0.0273. The Labute approximate surface area is 101 Å². The zero-order valence-electron chi connectivity index (χ0n) is 10.4. The monoisotopic (exact) mass is 231 g/mol. The molecule has 0 saturated carbocycles. The van der Waals surface area contributed by atoms with Crippen molar-refractivity contribution < 1.29 is 9.47 Å². The van der Waals surface area contributed by atoms with Gasteiger partial charge in [-0.2, -0.15) is 0 Å². The molecule has 1 saturated heterocycles. The Morgan fingerprint density at radius 2 is 1.88 bits per heavy atom. The van der Waals surface area contributed by atoms with Crippen LogP contribution in [0.1, 0.15) is 31.1 Å². The molecule has 0 aliphatic carbocycles. The Morgan fingerprint density at radius 1 is 1.18 bits per heavy atom. The Morgan fingerprint density at radius 3 is 2.47 bits per heavy atom. The lowest BCUT2D eigenvalue weighted by Crippen LogP contribution is -2.17. The number of aliphatic imine (C=N–C) groups is 1. The van der Waals surface area contributed by atoms with Gasteiger partial charge in [0.2, 0.25) is 5.90 Å². The van der Waals surface area contributed by atoms with Gasteiger partial charge in [-0.05, 0) is 26.3 Å². The number of hydrogen-bond acceptors (Lipinski definition) is 3. The van der Waals surface area contributed by atoms with Crippen LogP contribution in [-0.2, 0) is 9.47 Å². The smallest absolute Gasteiger partial charge is 0.217 e. The maximum Gasteiger partial charge on any atom is 0.217 e. The summed E-state index contributed by atoms with van der Waals surface area (Å²) in [5, 5.41) is 0. The molecule has 2 heterocycles. The van der Waals surface area contributed by atoms with E-state index in [1.54, 1.807) is 0 Å². The first kappa shape index (κ1) is 10.8. The van der Waals surface area contributed by atoms with Gasteiger partial charge in [-0.25, -0.2) is 4.99 Å². The lowest BCUT2D eigenvalue weighted by Gasteiger charge is -2.07. The number of hydrogen-bond donors (Lipinski definition) is 0. The van der Waals surface area contributed by atoms with Gasteiger partial charge < -0.3 is 9.47 Å². The average Bonchev–Trinajstić information content (AvgIpc) is 2.98. The zero-order chi connectivity index (χ0) is 12.0. The molecular formula is C14H17NO2. The number of ether oxygens (including phenoxy) is 2. The summed E-state index contributed by atoms with van der Waals surface area (Å²) in [6.07, 6.45) is 0.155. The molecule has 0 N–H and O–H groups in total. The number of benzene rings is 1. The number of epoxide rings is 1. The summed E-state index contributed by atoms with van der Waals surface area (Å²) in [6, 6.07) is 8.44. The summed E-state index contributed by atoms with van der Waals surface area (Å²) in [6.45, 7) is 6.89. The quantitative estimate of drug-likeness (QED) is 0.733. The minimum atomic E-state index is -0.0981. The highest BCUT2D eigenvalue weighted by Gasteiger charge is 2.48. The van der Waals surface area contributed by atoms with Gasteiger partial charge >= 0.3 is 0 Å². The second-order valence-electron chi connectivity index (χ2n) is 5.44. The van der Waals surface area contributed by atoms with Crippen molar-refractivity contribution >= 4 is 5.90 Å². The topological polar surface area (TPSA) is 34.1 Å². The van der Waals surface area contributed by atoms with Gasteiger partial charge in [-0.3, -0.25) is 0 Å². The van der Waals surface area contributed by atoms with E-state index < -0.39 is 0 Å². The molecule has 3 nitrogen and oxygen atoms in total. The summed E-state index contributed by atoms with van der Waals surface area (Å²) in [5.41, 5.74) is 2.37. The Hall–Kier alpha value is -1.35. The average molecular weight is 231 g/mol. The van der Waals surface area contributed by atoms with Crippen LogP contribution in [0.3, 0.4) is 0 Å². The molecule has 90 valence electrons. The molecule has 0 amide bonds. The number of rotatable bonds is 2.